The highest BCUT2D eigenvalue weighted by Crippen LogP contribution is 2.32. The van der Waals surface area contributed by atoms with E-state index in [0.29, 0.717) is 30.5 Å². The van der Waals surface area contributed by atoms with Gasteiger partial charge in [-0.25, -0.2) is 14.4 Å². The van der Waals surface area contributed by atoms with E-state index in [1.807, 2.05) is 35.9 Å². The molecule has 6 nitrogen and oxygen atoms in total. The van der Waals surface area contributed by atoms with Crippen molar-refractivity contribution in [3.8, 4) is 5.75 Å². The van der Waals surface area contributed by atoms with Crippen molar-refractivity contribution in [1.82, 2.24) is 14.5 Å². The molecule has 0 atom stereocenters. The predicted molar refractivity (Wildman–Crippen MR) is 132 cm³/mol. The molecule has 172 valence electrons. The zero-order chi connectivity index (χ0) is 23.0. The number of carbonyl (C=O) groups is 1. The van der Waals surface area contributed by atoms with Gasteiger partial charge in [0.2, 0.25) is 5.91 Å². The molecular formula is C24H25FN4O2S2. The normalized spacial score (nSPS) is 11.1. The molecule has 2 heterocycles. The summed E-state index contributed by atoms with van der Waals surface area (Å²) in [6, 6.07) is 12.1. The summed E-state index contributed by atoms with van der Waals surface area (Å²) in [5, 5.41) is 0.695. The highest BCUT2D eigenvalue weighted by atomic mass is 32.2. The van der Waals surface area contributed by atoms with Crippen LogP contribution in [0, 0.1) is 5.82 Å². The van der Waals surface area contributed by atoms with Gasteiger partial charge in [-0.05, 0) is 55.8 Å². The summed E-state index contributed by atoms with van der Waals surface area (Å²) in [7, 11) is 0. The average molecular weight is 485 g/mol. The summed E-state index contributed by atoms with van der Waals surface area (Å²) < 4.78 is 21.7. The van der Waals surface area contributed by atoms with E-state index in [2.05, 4.69) is 4.98 Å². The molecule has 0 N–H and O–H groups in total. The maximum absolute atomic E-state index is 13.2. The second kappa shape index (κ2) is 11.3. The molecule has 4 aromatic rings. The van der Waals surface area contributed by atoms with Gasteiger partial charge < -0.3 is 9.30 Å². The minimum atomic E-state index is -0.261. The number of aromatic nitrogens is 3. The Labute approximate surface area is 200 Å². The Morgan fingerprint density at radius 3 is 2.85 bits per heavy atom. The fraction of sp³-hybridized carbons (Fsp3) is 0.292. The summed E-state index contributed by atoms with van der Waals surface area (Å²) in [5.74, 6) is 1.18. The molecule has 0 bridgehead atoms. The molecule has 4 rings (SSSR count). The summed E-state index contributed by atoms with van der Waals surface area (Å²) in [5.41, 5.74) is 0.853. The molecule has 33 heavy (non-hydrogen) atoms. The number of hydrogen-bond donors (Lipinski definition) is 0. The quantitative estimate of drug-likeness (QED) is 0.258. The van der Waals surface area contributed by atoms with Gasteiger partial charge in [-0.1, -0.05) is 11.3 Å². The van der Waals surface area contributed by atoms with Crippen molar-refractivity contribution >= 4 is 44.4 Å². The molecule has 0 aliphatic rings. The number of ether oxygens (including phenoxy) is 1. The number of carbonyl (C=O) groups excluding carboxylic acids is 1. The molecule has 2 aromatic heterocycles. The summed E-state index contributed by atoms with van der Waals surface area (Å²) in [6.45, 7) is 3.89. The number of rotatable bonds is 11. The summed E-state index contributed by atoms with van der Waals surface area (Å²) in [4.78, 5) is 24.7. The number of nitrogens with zero attached hydrogens (tertiary/aromatic N) is 4. The van der Waals surface area contributed by atoms with E-state index in [-0.39, 0.29) is 11.7 Å². The van der Waals surface area contributed by atoms with E-state index in [1.165, 1.54) is 23.5 Å². The van der Waals surface area contributed by atoms with Gasteiger partial charge in [0, 0.05) is 42.6 Å². The van der Waals surface area contributed by atoms with Crippen LogP contribution in [-0.4, -0.2) is 39.3 Å². The van der Waals surface area contributed by atoms with E-state index in [0.717, 1.165) is 33.8 Å². The fourth-order valence-electron chi connectivity index (χ4n) is 3.34. The van der Waals surface area contributed by atoms with E-state index < -0.39 is 0 Å². The third-order valence-corrected chi connectivity index (χ3v) is 7.00. The van der Waals surface area contributed by atoms with Crippen molar-refractivity contribution in [3.63, 3.8) is 0 Å². The maximum atomic E-state index is 13.2. The SMILES string of the molecule is CCOc1ccc2nc(N(CCCn3ccnc3)C(=O)CCSc3ccc(F)cc3)sc2c1. The number of halogens is 1. The lowest BCUT2D eigenvalue weighted by Gasteiger charge is -2.20. The van der Waals surface area contributed by atoms with Crippen LogP contribution < -0.4 is 9.64 Å². The van der Waals surface area contributed by atoms with Gasteiger partial charge in [-0.15, -0.1) is 11.8 Å². The van der Waals surface area contributed by atoms with Crippen molar-refractivity contribution in [2.75, 3.05) is 23.8 Å². The lowest BCUT2D eigenvalue weighted by atomic mass is 10.3. The smallest absolute Gasteiger partial charge is 0.229 e. The van der Waals surface area contributed by atoms with Gasteiger partial charge >= 0.3 is 0 Å². The molecule has 2 aromatic carbocycles. The minimum Gasteiger partial charge on any atom is -0.494 e. The molecule has 0 radical (unpaired) electrons. The number of thioether (sulfide) groups is 1. The van der Waals surface area contributed by atoms with E-state index in [9.17, 15) is 9.18 Å². The van der Waals surface area contributed by atoms with Crippen molar-refractivity contribution in [2.45, 2.75) is 31.2 Å². The molecule has 0 spiro atoms. The van der Waals surface area contributed by atoms with E-state index in [1.54, 1.807) is 41.3 Å². The van der Waals surface area contributed by atoms with Crippen molar-refractivity contribution in [1.29, 1.82) is 0 Å². The topological polar surface area (TPSA) is 60.2 Å². The Balaban J connectivity index is 1.46. The first-order valence-electron chi connectivity index (χ1n) is 10.8. The molecule has 0 fully saturated rings. The number of anilines is 1. The molecule has 0 aliphatic carbocycles. The van der Waals surface area contributed by atoms with Gasteiger partial charge in [0.15, 0.2) is 5.13 Å². The Hall–Kier alpha value is -2.91. The molecule has 0 aliphatic heterocycles. The van der Waals surface area contributed by atoms with E-state index >= 15 is 0 Å². The maximum Gasteiger partial charge on any atom is 0.229 e. The number of amides is 1. The molecular weight excluding hydrogens is 459 g/mol. The molecule has 1 amide bonds. The Kier molecular flexibility index (Phi) is 7.96. The van der Waals surface area contributed by atoms with Crippen LogP contribution in [0.1, 0.15) is 19.8 Å². The van der Waals surface area contributed by atoms with Crippen LogP contribution in [0.4, 0.5) is 9.52 Å². The lowest BCUT2D eigenvalue weighted by molar-refractivity contribution is -0.118. The largest absolute Gasteiger partial charge is 0.494 e. The van der Waals surface area contributed by atoms with Gasteiger partial charge in [-0.3, -0.25) is 9.69 Å². The first-order chi connectivity index (χ1) is 16.1. The second-order valence-corrected chi connectivity index (χ2v) is 9.49. The summed E-state index contributed by atoms with van der Waals surface area (Å²) >= 11 is 3.04. The van der Waals surface area contributed by atoms with Crippen LogP contribution in [0.15, 0.2) is 66.1 Å². The van der Waals surface area contributed by atoms with Crippen molar-refractivity contribution in [2.24, 2.45) is 0 Å². The fourth-order valence-corrected chi connectivity index (χ4v) is 5.22. The lowest BCUT2D eigenvalue weighted by Crippen LogP contribution is -2.32. The number of imidazole rings is 1. The monoisotopic (exact) mass is 484 g/mol. The average Bonchev–Trinajstić information content (AvgIpc) is 3.47. The van der Waals surface area contributed by atoms with Crippen molar-refractivity contribution < 1.29 is 13.9 Å². The highest BCUT2D eigenvalue weighted by Gasteiger charge is 2.20. The molecule has 0 saturated heterocycles. The standard InChI is InChI=1S/C24H25FN4O2S2/c1-2-31-19-6-9-21-22(16-19)33-24(27-21)29(13-3-12-28-14-11-26-17-28)23(30)10-15-32-20-7-4-18(25)5-8-20/h4-9,11,14,16-17H,2-3,10,12-13,15H2,1H3. The second-order valence-electron chi connectivity index (χ2n) is 7.31. The van der Waals surface area contributed by atoms with E-state index in [4.69, 9.17) is 9.72 Å². The number of fused-ring (bicyclic) bond motifs is 1. The first-order valence-corrected chi connectivity index (χ1v) is 12.6. The zero-order valence-corrected chi connectivity index (χ0v) is 19.9. The first kappa shape index (κ1) is 23.3. The zero-order valence-electron chi connectivity index (χ0n) is 18.3. The van der Waals surface area contributed by atoms with Crippen molar-refractivity contribution in [3.05, 3.63) is 67.0 Å². The molecule has 0 saturated carbocycles. The molecule has 9 heteroatoms. The van der Waals surface area contributed by atoms with Gasteiger partial charge in [-0.2, -0.15) is 0 Å². The third kappa shape index (κ3) is 6.33. The van der Waals surface area contributed by atoms with Gasteiger partial charge in [0.25, 0.3) is 0 Å². The van der Waals surface area contributed by atoms with Crippen LogP contribution in [0.3, 0.4) is 0 Å². The Morgan fingerprint density at radius 1 is 1.24 bits per heavy atom. The number of benzene rings is 2. The number of aryl methyl sites for hydroxylation is 1. The summed E-state index contributed by atoms with van der Waals surface area (Å²) in [6.07, 6.45) is 6.59. The van der Waals surface area contributed by atoms with Crippen LogP contribution >= 0.6 is 23.1 Å². The predicted octanol–water partition coefficient (Wildman–Crippen LogP) is 5.64. The van der Waals surface area contributed by atoms with Crippen LogP contribution in [0.25, 0.3) is 10.2 Å². The number of hydrogen-bond acceptors (Lipinski definition) is 6. The Bertz CT molecular complexity index is 1180. The minimum absolute atomic E-state index is 0.0272. The van der Waals surface area contributed by atoms with Crippen LogP contribution in [0.5, 0.6) is 5.75 Å². The molecule has 0 unspecified atom stereocenters. The van der Waals surface area contributed by atoms with Gasteiger partial charge in [0.05, 0.1) is 23.2 Å². The van der Waals surface area contributed by atoms with Gasteiger partial charge in [0.1, 0.15) is 11.6 Å². The third-order valence-electron chi connectivity index (χ3n) is 4.95. The highest BCUT2D eigenvalue weighted by molar-refractivity contribution is 7.99. The van der Waals surface area contributed by atoms with Crippen LogP contribution in [-0.2, 0) is 11.3 Å². The van der Waals surface area contributed by atoms with Crippen LogP contribution in [0.2, 0.25) is 0 Å². The number of thiazole rings is 1. The Morgan fingerprint density at radius 2 is 2.09 bits per heavy atom.